The fraction of sp³-hybridized carbons (Fsp3) is 0.600. The first-order chi connectivity index (χ1) is 8.20. The molecule has 1 N–H and O–H groups in total. The Bertz CT molecular complexity index is 342. The van der Waals surface area contributed by atoms with Crippen LogP contribution < -0.4 is 10.1 Å². The van der Waals surface area contributed by atoms with E-state index in [-0.39, 0.29) is 0 Å². The molecule has 2 nitrogen and oxygen atoms in total. The Labute approximate surface area is 104 Å². The van der Waals surface area contributed by atoms with Gasteiger partial charge in [0.05, 0.1) is 6.10 Å². The average molecular weight is 233 g/mol. The van der Waals surface area contributed by atoms with E-state index in [1.165, 1.54) is 18.4 Å². The van der Waals surface area contributed by atoms with Crippen molar-refractivity contribution in [3.8, 4) is 5.75 Å². The second-order valence-electron chi connectivity index (χ2n) is 5.21. The smallest absolute Gasteiger partial charge is 0.119 e. The molecule has 0 amide bonds. The van der Waals surface area contributed by atoms with Gasteiger partial charge >= 0.3 is 0 Å². The minimum absolute atomic E-state index is 0.487. The van der Waals surface area contributed by atoms with Crippen molar-refractivity contribution in [3.63, 3.8) is 0 Å². The fourth-order valence-electron chi connectivity index (χ4n) is 2.06. The molecule has 94 valence electrons. The molecule has 1 aromatic carbocycles. The van der Waals surface area contributed by atoms with Gasteiger partial charge < -0.3 is 10.1 Å². The standard InChI is InChI=1S/C15H23NO/c1-11(10-16-3)12(2)13-4-6-14(7-5-13)17-15-8-9-15/h4-7,11-12,15-16H,8-10H2,1-3H3. The molecule has 1 saturated carbocycles. The van der Waals surface area contributed by atoms with E-state index in [1.807, 2.05) is 7.05 Å². The van der Waals surface area contributed by atoms with Crippen LogP contribution in [0.2, 0.25) is 0 Å². The maximum Gasteiger partial charge on any atom is 0.119 e. The van der Waals surface area contributed by atoms with E-state index in [4.69, 9.17) is 4.74 Å². The van der Waals surface area contributed by atoms with Crippen molar-refractivity contribution in [3.05, 3.63) is 29.8 Å². The fourth-order valence-corrected chi connectivity index (χ4v) is 2.06. The Balaban J connectivity index is 1.95. The molecule has 0 spiro atoms. The highest BCUT2D eigenvalue weighted by Crippen LogP contribution is 2.29. The molecule has 1 aliphatic rings. The van der Waals surface area contributed by atoms with Crippen molar-refractivity contribution in [2.24, 2.45) is 5.92 Å². The van der Waals surface area contributed by atoms with E-state index < -0.39 is 0 Å². The van der Waals surface area contributed by atoms with Crippen LogP contribution in [0.1, 0.15) is 38.2 Å². The van der Waals surface area contributed by atoms with Crippen molar-refractivity contribution in [1.29, 1.82) is 0 Å². The maximum atomic E-state index is 5.76. The van der Waals surface area contributed by atoms with Crippen LogP contribution >= 0.6 is 0 Å². The Morgan fingerprint density at radius 2 is 1.88 bits per heavy atom. The molecule has 2 heteroatoms. The monoisotopic (exact) mass is 233 g/mol. The van der Waals surface area contributed by atoms with E-state index in [0.29, 0.717) is 17.9 Å². The van der Waals surface area contributed by atoms with Gasteiger partial charge in [-0.1, -0.05) is 26.0 Å². The van der Waals surface area contributed by atoms with Crippen molar-refractivity contribution in [2.45, 2.75) is 38.7 Å². The summed E-state index contributed by atoms with van der Waals surface area (Å²) < 4.78 is 5.76. The van der Waals surface area contributed by atoms with Crippen LogP contribution in [-0.4, -0.2) is 19.7 Å². The largest absolute Gasteiger partial charge is 0.490 e. The molecule has 0 radical (unpaired) electrons. The maximum absolute atomic E-state index is 5.76. The molecular formula is C15H23NO. The van der Waals surface area contributed by atoms with Gasteiger partial charge in [-0.3, -0.25) is 0 Å². The van der Waals surface area contributed by atoms with Gasteiger partial charge in [0.25, 0.3) is 0 Å². The highest BCUT2D eigenvalue weighted by Gasteiger charge is 2.23. The summed E-state index contributed by atoms with van der Waals surface area (Å²) in [5, 5.41) is 3.24. The normalized spacial score (nSPS) is 18.8. The predicted molar refractivity (Wildman–Crippen MR) is 71.6 cm³/mol. The third-order valence-corrected chi connectivity index (χ3v) is 3.61. The van der Waals surface area contributed by atoms with Crippen LogP contribution in [0.4, 0.5) is 0 Å². The zero-order chi connectivity index (χ0) is 12.3. The summed E-state index contributed by atoms with van der Waals surface area (Å²) in [4.78, 5) is 0. The van der Waals surface area contributed by atoms with E-state index in [2.05, 4.69) is 43.4 Å². The Hall–Kier alpha value is -1.02. The Kier molecular flexibility index (Phi) is 4.06. The summed E-state index contributed by atoms with van der Waals surface area (Å²) in [6.45, 7) is 5.63. The SMILES string of the molecule is CNCC(C)C(C)c1ccc(OC2CC2)cc1. The van der Waals surface area contributed by atoms with Gasteiger partial charge in [0.2, 0.25) is 0 Å². The van der Waals surface area contributed by atoms with Gasteiger partial charge in [0.15, 0.2) is 0 Å². The average Bonchev–Trinajstić information content (AvgIpc) is 3.13. The number of hydrogen-bond acceptors (Lipinski definition) is 2. The lowest BCUT2D eigenvalue weighted by molar-refractivity contribution is 0.303. The van der Waals surface area contributed by atoms with Gasteiger partial charge in [-0.05, 0) is 56.0 Å². The van der Waals surface area contributed by atoms with Crippen LogP contribution in [0, 0.1) is 5.92 Å². The molecule has 1 aliphatic carbocycles. The highest BCUT2D eigenvalue weighted by molar-refractivity contribution is 5.30. The van der Waals surface area contributed by atoms with Crippen molar-refractivity contribution in [2.75, 3.05) is 13.6 Å². The Morgan fingerprint density at radius 3 is 2.41 bits per heavy atom. The van der Waals surface area contributed by atoms with E-state index in [0.717, 1.165) is 12.3 Å². The third-order valence-electron chi connectivity index (χ3n) is 3.61. The zero-order valence-electron chi connectivity index (χ0n) is 11.1. The van der Waals surface area contributed by atoms with Gasteiger partial charge in [-0.2, -0.15) is 0 Å². The minimum atomic E-state index is 0.487. The van der Waals surface area contributed by atoms with E-state index >= 15 is 0 Å². The summed E-state index contributed by atoms with van der Waals surface area (Å²) in [5.41, 5.74) is 1.40. The molecule has 2 rings (SSSR count). The first-order valence-electron chi connectivity index (χ1n) is 6.62. The number of nitrogens with one attached hydrogen (secondary N) is 1. The Morgan fingerprint density at radius 1 is 1.24 bits per heavy atom. The van der Waals surface area contributed by atoms with Crippen LogP contribution in [0.5, 0.6) is 5.75 Å². The predicted octanol–water partition coefficient (Wildman–Crippen LogP) is 3.19. The summed E-state index contributed by atoms with van der Waals surface area (Å²) in [6, 6.07) is 8.62. The van der Waals surface area contributed by atoms with Crippen molar-refractivity contribution in [1.82, 2.24) is 5.32 Å². The summed E-state index contributed by atoms with van der Waals surface area (Å²) in [6.07, 6.45) is 2.93. The number of rotatable bonds is 6. The number of hydrogen-bond donors (Lipinski definition) is 1. The molecule has 0 aliphatic heterocycles. The molecule has 2 atom stereocenters. The van der Waals surface area contributed by atoms with Gasteiger partial charge in [-0.25, -0.2) is 0 Å². The van der Waals surface area contributed by atoms with Crippen molar-refractivity contribution >= 4 is 0 Å². The topological polar surface area (TPSA) is 21.3 Å². The first-order valence-corrected chi connectivity index (χ1v) is 6.62. The molecule has 0 bridgehead atoms. The molecule has 17 heavy (non-hydrogen) atoms. The van der Waals surface area contributed by atoms with Gasteiger partial charge in [0, 0.05) is 0 Å². The van der Waals surface area contributed by atoms with Crippen LogP contribution in [0.15, 0.2) is 24.3 Å². The summed E-state index contributed by atoms with van der Waals surface area (Å²) in [7, 11) is 2.01. The van der Waals surface area contributed by atoms with Crippen LogP contribution in [0.3, 0.4) is 0 Å². The lowest BCUT2D eigenvalue weighted by Crippen LogP contribution is -2.20. The molecule has 1 aromatic rings. The second-order valence-corrected chi connectivity index (χ2v) is 5.21. The molecule has 2 unspecified atom stereocenters. The van der Waals surface area contributed by atoms with Crippen molar-refractivity contribution < 1.29 is 4.74 Å². The summed E-state index contributed by atoms with van der Waals surface area (Å²) in [5.74, 6) is 2.25. The molecule has 0 saturated heterocycles. The molecular weight excluding hydrogens is 210 g/mol. The van der Waals surface area contributed by atoms with E-state index in [9.17, 15) is 0 Å². The lowest BCUT2D eigenvalue weighted by atomic mass is 9.89. The molecule has 0 aromatic heterocycles. The highest BCUT2D eigenvalue weighted by atomic mass is 16.5. The summed E-state index contributed by atoms with van der Waals surface area (Å²) >= 11 is 0. The number of benzene rings is 1. The molecule has 1 fully saturated rings. The minimum Gasteiger partial charge on any atom is -0.490 e. The quantitative estimate of drug-likeness (QED) is 0.814. The van der Waals surface area contributed by atoms with Crippen LogP contribution in [-0.2, 0) is 0 Å². The zero-order valence-corrected chi connectivity index (χ0v) is 11.1. The lowest BCUT2D eigenvalue weighted by Gasteiger charge is -2.20. The number of ether oxygens (including phenoxy) is 1. The van der Waals surface area contributed by atoms with Gasteiger partial charge in [0.1, 0.15) is 5.75 Å². The van der Waals surface area contributed by atoms with Crippen LogP contribution in [0.25, 0.3) is 0 Å². The molecule has 0 heterocycles. The van der Waals surface area contributed by atoms with E-state index in [1.54, 1.807) is 0 Å². The third kappa shape index (κ3) is 3.47. The second kappa shape index (κ2) is 5.54. The van der Waals surface area contributed by atoms with Gasteiger partial charge in [-0.15, -0.1) is 0 Å². The first kappa shape index (κ1) is 12.4.